The van der Waals surface area contributed by atoms with E-state index in [1.807, 2.05) is 0 Å². The van der Waals surface area contributed by atoms with Gasteiger partial charge in [-0.3, -0.25) is 9.67 Å². The van der Waals surface area contributed by atoms with E-state index in [1.54, 1.807) is 0 Å². The van der Waals surface area contributed by atoms with Gasteiger partial charge in [0.1, 0.15) is 5.82 Å². The Kier molecular flexibility index (Phi) is 3.68. The average Bonchev–Trinajstić information content (AvgIpc) is 2.82. The molecule has 2 heterocycles. The number of H-pyrrole nitrogens is 1. The van der Waals surface area contributed by atoms with E-state index in [9.17, 15) is 0 Å². The lowest BCUT2D eigenvalue weighted by Gasteiger charge is -2.23. The van der Waals surface area contributed by atoms with Crippen LogP contribution < -0.4 is 0 Å². The SMILES string of the molecule is CC(C)(C)n1c(CCN2CCCC2)n[nH]c1=S. The van der Waals surface area contributed by atoms with Gasteiger partial charge >= 0.3 is 0 Å². The van der Waals surface area contributed by atoms with Crippen LogP contribution in [0.3, 0.4) is 0 Å². The van der Waals surface area contributed by atoms with Crippen molar-refractivity contribution in [3.8, 4) is 0 Å². The Hall–Kier alpha value is -0.680. The fraction of sp³-hybridized carbons (Fsp3) is 0.833. The fourth-order valence-electron chi connectivity index (χ4n) is 2.45. The van der Waals surface area contributed by atoms with Crippen LogP contribution >= 0.6 is 12.2 Å². The Morgan fingerprint density at radius 1 is 1.29 bits per heavy atom. The van der Waals surface area contributed by atoms with Gasteiger partial charge in [-0.25, -0.2) is 0 Å². The zero-order chi connectivity index (χ0) is 12.5. The highest BCUT2D eigenvalue weighted by atomic mass is 32.1. The number of nitrogens with one attached hydrogen (secondary N) is 1. The van der Waals surface area contributed by atoms with Crippen molar-refractivity contribution in [2.75, 3.05) is 19.6 Å². The monoisotopic (exact) mass is 254 g/mol. The first-order chi connectivity index (χ1) is 7.98. The molecule has 0 aromatic carbocycles. The van der Waals surface area contributed by atoms with Gasteiger partial charge in [0.05, 0.1) is 0 Å². The highest BCUT2D eigenvalue weighted by Gasteiger charge is 2.20. The Morgan fingerprint density at radius 3 is 2.53 bits per heavy atom. The lowest BCUT2D eigenvalue weighted by molar-refractivity contribution is 0.326. The minimum absolute atomic E-state index is 0.00439. The van der Waals surface area contributed by atoms with Gasteiger partial charge in [0.2, 0.25) is 0 Å². The van der Waals surface area contributed by atoms with Crippen molar-refractivity contribution in [2.24, 2.45) is 0 Å². The zero-order valence-electron chi connectivity index (χ0n) is 11.0. The first kappa shape index (κ1) is 12.8. The summed E-state index contributed by atoms with van der Waals surface area (Å²) < 4.78 is 2.87. The minimum Gasteiger partial charge on any atom is -0.303 e. The maximum absolute atomic E-state index is 5.30. The molecular weight excluding hydrogens is 232 g/mol. The molecule has 0 bridgehead atoms. The van der Waals surface area contributed by atoms with Gasteiger partial charge in [-0.1, -0.05) is 0 Å². The zero-order valence-corrected chi connectivity index (χ0v) is 11.8. The van der Waals surface area contributed by atoms with Gasteiger partial charge in [-0.05, 0) is 58.9 Å². The second-order valence-corrected chi connectivity index (χ2v) is 6.14. The van der Waals surface area contributed by atoms with Gasteiger partial charge in [-0.2, -0.15) is 5.10 Å². The van der Waals surface area contributed by atoms with Crippen molar-refractivity contribution >= 4 is 12.2 Å². The number of aromatic amines is 1. The number of hydrogen-bond donors (Lipinski definition) is 1. The van der Waals surface area contributed by atoms with Gasteiger partial charge < -0.3 is 4.90 Å². The van der Waals surface area contributed by atoms with Crippen LogP contribution in [-0.2, 0) is 12.0 Å². The predicted octanol–water partition coefficient (Wildman–Crippen LogP) is 2.33. The van der Waals surface area contributed by atoms with E-state index in [4.69, 9.17) is 12.2 Å². The van der Waals surface area contributed by atoms with Crippen molar-refractivity contribution in [2.45, 2.75) is 45.6 Å². The highest BCUT2D eigenvalue weighted by molar-refractivity contribution is 7.71. The summed E-state index contributed by atoms with van der Waals surface area (Å²) in [5, 5.41) is 7.28. The summed E-state index contributed by atoms with van der Waals surface area (Å²) in [6, 6.07) is 0. The highest BCUT2D eigenvalue weighted by Crippen LogP contribution is 2.17. The molecule has 0 atom stereocenters. The molecule has 0 amide bonds. The van der Waals surface area contributed by atoms with Crippen molar-refractivity contribution in [1.82, 2.24) is 19.7 Å². The summed E-state index contributed by atoms with van der Waals surface area (Å²) in [4.78, 5) is 2.50. The van der Waals surface area contributed by atoms with E-state index < -0.39 is 0 Å². The number of aromatic nitrogens is 3. The van der Waals surface area contributed by atoms with Crippen LogP contribution in [-0.4, -0.2) is 39.3 Å². The molecule has 0 radical (unpaired) electrons. The predicted molar refractivity (Wildman–Crippen MR) is 71.8 cm³/mol. The van der Waals surface area contributed by atoms with Gasteiger partial charge in [0.15, 0.2) is 4.77 Å². The van der Waals surface area contributed by atoms with Crippen LogP contribution in [0, 0.1) is 4.77 Å². The third-order valence-corrected chi connectivity index (χ3v) is 3.54. The summed E-state index contributed by atoms with van der Waals surface area (Å²) in [5.41, 5.74) is 0.00439. The van der Waals surface area contributed by atoms with Crippen LogP contribution in [0.2, 0.25) is 0 Å². The van der Waals surface area contributed by atoms with Crippen LogP contribution in [0.4, 0.5) is 0 Å². The van der Waals surface area contributed by atoms with Crippen molar-refractivity contribution in [1.29, 1.82) is 0 Å². The molecule has 1 aliphatic rings. The van der Waals surface area contributed by atoms with Crippen LogP contribution in [0.25, 0.3) is 0 Å². The molecule has 5 heteroatoms. The van der Waals surface area contributed by atoms with E-state index in [-0.39, 0.29) is 5.54 Å². The first-order valence-electron chi connectivity index (χ1n) is 6.37. The Balaban J connectivity index is 2.08. The largest absolute Gasteiger partial charge is 0.303 e. The molecule has 1 fully saturated rings. The smallest absolute Gasteiger partial charge is 0.195 e. The molecule has 1 aromatic rings. The minimum atomic E-state index is 0.00439. The number of rotatable bonds is 3. The lowest BCUT2D eigenvalue weighted by atomic mass is 10.1. The van der Waals surface area contributed by atoms with Gasteiger partial charge in [0.25, 0.3) is 0 Å². The maximum atomic E-state index is 5.30. The quantitative estimate of drug-likeness (QED) is 0.841. The molecule has 17 heavy (non-hydrogen) atoms. The van der Waals surface area contributed by atoms with E-state index in [2.05, 4.69) is 40.4 Å². The molecule has 96 valence electrons. The van der Waals surface area contributed by atoms with Crippen molar-refractivity contribution < 1.29 is 0 Å². The lowest BCUT2D eigenvalue weighted by Crippen LogP contribution is -2.28. The molecule has 0 unspecified atom stereocenters. The molecule has 0 spiro atoms. The number of nitrogens with zero attached hydrogens (tertiary/aromatic N) is 3. The van der Waals surface area contributed by atoms with Gasteiger partial charge in [-0.15, -0.1) is 0 Å². The van der Waals surface area contributed by atoms with E-state index in [0.717, 1.165) is 23.6 Å². The molecule has 1 N–H and O–H groups in total. The Morgan fingerprint density at radius 2 is 1.94 bits per heavy atom. The summed E-state index contributed by atoms with van der Waals surface area (Å²) in [5.74, 6) is 1.08. The van der Waals surface area contributed by atoms with E-state index in [1.165, 1.54) is 25.9 Å². The summed E-state index contributed by atoms with van der Waals surface area (Å²) in [6.45, 7) is 10.1. The molecule has 0 aliphatic carbocycles. The second kappa shape index (κ2) is 4.90. The Labute approximate surface area is 108 Å². The van der Waals surface area contributed by atoms with Crippen LogP contribution in [0.15, 0.2) is 0 Å². The molecule has 2 rings (SSSR count). The van der Waals surface area contributed by atoms with E-state index in [0.29, 0.717) is 0 Å². The van der Waals surface area contributed by atoms with Crippen molar-refractivity contribution in [3.05, 3.63) is 10.6 Å². The number of hydrogen-bond acceptors (Lipinski definition) is 3. The van der Waals surface area contributed by atoms with Crippen molar-refractivity contribution in [3.63, 3.8) is 0 Å². The molecule has 0 saturated carbocycles. The van der Waals surface area contributed by atoms with Gasteiger partial charge in [0, 0.05) is 18.5 Å². The maximum Gasteiger partial charge on any atom is 0.195 e. The summed E-state index contributed by atoms with van der Waals surface area (Å²) in [6.07, 6.45) is 3.66. The molecule has 1 aromatic heterocycles. The third-order valence-electron chi connectivity index (χ3n) is 3.26. The van der Waals surface area contributed by atoms with E-state index >= 15 is 0 Å². The Bertz CT molecular complexity index is 420. The third kappa shape index (κ3) is 2.96. The molecule has 1 saturated heterocycles. The summed E-state index contributed by atoms with van der Waals surface area (Å²) in [7, 11) is 0. The standard InChI is InChI=1S/C12H22N4S/c1-12(2,3)16-10(13-14-11(16)17)6-9-15-7-4-5-8-15/h4-9H2,1-3H3,(H,14,17). The first-order valence-corrected chi connectivity index (χ1v) is 6.78. The van der Waals surface area contributed by atoms with Crippen LogP contribution in [0.5, 0.6) is 0 Å². The van der Waals surface area contributed by atoms with Crippen LogP contribution in [0.1, 0.15) is 39.4 Å². The molecule has 1 aliphatic heterocycles. The average molecular weight is 254 g/mol. The topological polar surface area (TPSA) is 36.9 Å². The number of likely N-dealkylation sites (tertiary alicyclic amines) is 1. The molecule has 4 nitrogen and oxygen atoms in total. The second-order valence-electron chi connectivity index (χ2n) is 5.75. The fourth-order valence-corrected chi connectivity index (χ4v) is 2.88. The molecular formula is C12H22N4S. The summed E-state index contributed by atoms with van der Waals surface area (Å²) >= 11 is 5.30. The normalized spacial score (nSPS) is 17.8.